The topological polar surface area (TPSA) is 0 Å². The number of fused-ring (bicyclic) bond motifs is 1. The molecule has 2 aromatic rings. The van der Waals surface area contributed by atoms with Crippen LogP contribution in [0.1, 0.15) is 24.5 Å². The average Bonchev–Trinajstić information content (AvgIpc) is 2.86. The molecular weight excluding hydrogens is 236 g/mol. The highest BCUT2D eigenvalue weighted by Crippen LogP contribution is 2.38. The Hall–Kier alpha value is -1.21. The minimum absolute atomic E-state index is 0.762. The van der Waals surface area contributed by atoms with Crippen molar-refractivity contribution in [3.63, 3.8) is 0 Å². The molecule has 1 unspecified atom stereocenters. The van der Waals surface area contributed by atoms with Gasteiger partial charge < -0.3 is 0 Å². The molecule has 0 bridgehead atoms. The molecule has 3 rings (SSSR count). The van der Waals surface area contributed by atoms with E-state index < -0.39 is 0 Å². The van der Waals surface area contributed by atoms with Gasteiger partial charge in [-0.25, -0.2) is 0 Å². The third-order valence-corrected chi connectivity index (χ3v) is 4.92. The van der Waals surface area contributed by atoms with E-state index in [4.69, 9.17) is 0 Å². The molecule has 0 saturated carbocycles. The molecule has 1 heteroatoms. The summed E-state index contributed by atoms with van der Waals surface area (Å²) in [6.45, 7) is 4.43. The molecule has 1 aliphatic rings. The maximum absolute atomic E-state index is 2.45. The van der Waals surface area contributed by atoms with Gasteiger partial charge in [0.2, 0.25) is 0 Å². The summed E-state index contributed by atoms with van der Waals surface area (Å²) in [6.07, 6.45) is 3.70. The number of thioether (sulfide) groups is 1. The minimum Gasteiger partial charge on any atom is -0.125 e. The van der Waals surface area contributed by atoms with Gasteiger partial charge in [-0.3, -0.25) is 0 Å². The molecule has 92 valence electrons. The lowest BCUT2D eigenvalue weighted by molar-refractivity contribution is 0.719. The van der Waals surface area contributed by atoms with E-state index in [0.29, 0.717) is 0 Å². The van der Waals surface area contributed by atoms with Crippen molar-refractivity contribution >= 4 is 27.4 Å². The fourth-order valence-corrected chi connectivity index (χ4v) is 3.75. The SMILES string of the molecule is CCC1C=C(c2ccc3ccc(C)cc3c2)SC1. The summed E-state index contributed by atoms with van der Waals surface area (Å²) in [7, 11) is 0. The van der Waals surface area contributed by atoms with E-state index in [0.717, 1.165) is 5.92 Å². The maximum atomic E-state index is 2.45. The third-order valence-electron chi connectivity index (χ3n) is 3.64. The first-order chi connectivity index (χ1) is 8.76. The molecule has 0 saturated heterocycles. The van der Waals surface area contributed by atoms with Crippen LogP contribution in [0.2, 0.25) is 0 Å². The zero-order valence-corrected chi connectivity index (χ0v) is 11.8. The zero-order valence-electron chi connectivity index (χ0n) is 10.9. The Morgan fingerprint density at radius 1 is 1.11 bits per heavy atom. The van der Waals surface area contributed by atoms with E-state index in [9.17, 15) is 0 Å². The van der Waals surface area contributed by atoms with Crippen LogP contribution in [-0.2, 0) is 0 Å². The van der Waals surface area contributed by atoms with Gasteiger partial charge in [0, 0.05) is 10.7 Å². The summed E-state index contributed by atoms with van der Waals surface area (Å²) < 4.78 is 0. The molecule has 0 nitrogen and oxygen atoms in total. The van der Waals surface area contributed by atoms with Crippen molar-refractivity contribution in [1.82, 2.24) is 0 Å². The minimum atomic E-state index is 0.762. The van der Waals surface area contributed by atoms with Gasteiger partial charge in [0.05, 0.1) is 0 Å². The highest BCUT2D eigenvalue weighted by Gasteiger charge is 2.16. The fourth-order valence-electron chi connectivity index (χ4n) is 2.44. The smallest absolute Gasteiger partial charge is 0.0108 e. The fraction of sp³-hybridized carbons (Fsp3) is 0.294. The van der Waals surface area contributed by atoms with Crippen LogP contribution in [0.25, 0.3) is 15.7 Å². The molecule has 0 radical (unpaired) electrons. The van der Waals surface area contributed by atoms with E-state index in [1.807, 2.05) is 11.8 Å². The third kappa shape index (κ3) is 2.20. The Balaban J connectivity index is 2.03. The Kier molecular flexibility index (Phi) is 3.17. The first-order valence-corrected chi connectivity index (χ1v) is 7.60. The molecule has 0 aliphatic carbocycles. The Morgan fingerprint density at radius 3 is 2.72 bits per heavy atom. The first kappa shape index (κ1) is 11.9. The highest BCUT2D eigenvalue weighted by molar-refractivity contribution is 8.08. The van der Waals surface area contributed by atoms with E-state index in [1.165, 1.54) is 39.0 Å². The molecule has 1 atom stereocenters. The maximum Gasteiger partial charge on any atom is 0.0108 e. The van der Waals surface area contributed by atoms with Gasteiger partial charge in [-0.05, 0) is 41.7 Å². The zero-order chi connectivity index (χ0) is 12.5. The lowest BCUT2D eigenvalue weighted by Crippen LogP contribution is -1.90. The molecule has 2 aromatic carbocycles. The van der Waals surface area contributed by atoms with Crippen molar-refractivity contribution in [2.75, 3.05) is 5.75 Å². The highest BCUT2D eigenvalue weighted by atomic mass is 32.2. The normalized spacial score (nSPS) is 19.2. The van der Waals surface area contributed by atoms with Gasteiger partial charge >= 0.3 is 0 Å². The van der Waals surface area contributed by atoms with Crippen LogP contribution < -0.4 is 0 Å². The predicted octanol–water partition coefficient (Wildman–Crippen LogP) is 5.26. The number of hydrogen-bond donors (Lipinski definition) is 0. The van der Waals surface area contributed by atoms with Gasteiger partial charge in [0.25, 0.3) is 0 Å². The van der Waals surface area contributed by atoms with Crippen LogP contribution in [0.4, 0.5) is 0 Å². The molecule has 18 heavy (non-hydrogen) atoms. The second-order valence-corrected chi connectivity index (χ2v) is 6.14. The van der Waals surface area contributed by atoms with Crippen LogP contribution in [0.3, 0.4) is 0 Å². The molecular formula is C17H18S. The van der Waals surface area contributed by atoms with E-state index in [1.54, 1.807) is 0 Å². The number of benzene rings is 2. The van der Waals surface area contributed by atoms with Crippen LogP contribution in [0.15, 0.2) is 42.5 Å². The molecule has 0 N–H and O–H groups in total. The molecule has 1 aliphatic heterocycles. The largest absolute Gasteiger partial charge is 0.125 e. The summed E-state index contributed by atoms with van der Waals surface area (Å²) >= 11 is 2.00. The quantitative estimate of drug-likeness (QED) is 0.704. The predicted molar refractivity (Wildman–Crippen MR) is 82.9 cm³/mol. The second-order valence-electron chi connectivity index (χ2n) is 5.08. The lowest BCUT2D eigenvalue weighted by atomic mass is 10.0. The van der Waals surface area contributed by atoms with Crippen molar-refractivity contribution in [3.05, 3.63) is 53.6 Å². The second kappa shape index (κ2) is 4.81. The van der Waals surface area contributed by atoms with E-state index in [2.05, 4.69) is 56.3 Å². The van der Waals surface area contributed by atoms with Gasteiger partial charge in [0.15, 0.2) is 0 Å². The summed E-state index contributed by atoms with van der Waals surface area (Å²) in [4.78, 5) is 1.46. The summed E-state index contributed by atoms with van der Waals surface area (Å²) in [6, 6.07) is 13.5. The Bertz CT molecular complexity index is 610. The number of allylic oxidation sites excluding steroid dienone is 1. The Labute approximate surface area is 113 Å². The van der Waals surface area contributed by atoms with Crippen LogP contribution in [0, 0.1) is 12.8 Å². The standard InChI is InChI=1S/C17H18S/c1-3-13-9-17(18-11-13)15-7-6-14-5-4-12(2)8-16(14)10-15/h4-10,13H,3,11H2,1-2H3. The van der Waals surface area contributed by atoms with E-state index >= 15 is 0 Å². The molecule has 0 fully saturated rings. The van der Waals surface area contributed by atoms with Crippen LogP contribution >= 0.6 is 11.8 Å². The monoisotopic (exact) mass is 254 g/mol. The van der Waals surface area contributed by atoms with Crippen LogP contribution in [0.5, 0.6) is 0 Å². The summed E-state index contributed by atoms with van der Waals surface area (Å²) in [5.74, 6) is 2.01. The van der Waals surface area contributed by atoms with Crippen molar-refractivity contribution in [1.29, 1.82) is 0 Å². The van der Waals surface area contributed by atoms with Crippen molar-refractivity contribution in [2.24, 2.45) is 5.92 Å². The van der Waals surface area contributed by atoms with Gasteiger partial charge in [-0.1, -0.05) is 48.9 Å². The van der Waals surface area contributed by atoms with Gasteiger partial charge in [-0.15, -0.1) is 11.8 Å². The summed E-state index contributed by atoms with van der Waals surface area (Å²) in [5, 5.41) is 2.69. The van der Waals surface area contributed by atoms with Gasteiger partial charge in [0.1, 0.15) is 0 Å². The van der Waals surface area contributed by atoms with Crippen LogP contribution in [-0.4, -0.2) is 5.75 Å². The molecule has 0 aromatic heterocycles. The lowest BCUT2D eigenvalue weighted by Gasteiger charge is -2.05. The van der Waals surface area contributed by atoms with Gasteiger partial charge in [-0.2, -0.15) is 0 Å². The number of hydrogen-bond acceptors (Lipinski definition) is 1. The Morgan fingerprint density at radius 2 is 1.94 bits per heavy atom. The van der Waals surface area contributed by atoms with Crippen molar-refractivity contribution < 1.29 is 0 Å². The molecule has 0 spiro atoms. The first-order valence-electron chi connectivity index (χ1n) is 6.61. The number of rotatable bonds is 2. The van der Waals surface area contributed by atoms with Crippen molar-refractivity contribution in [3.8, 4) is 0 Å². The number of aryl methyl sites for hydroxylation is 1. The molecule has 1 heterocycles. The van der Waals surface area contributed by atoms with Crippen molar-refractivity contribution in [2.45, 2.75) is 20.3 Å². The average molecular weight is 254 g/mol. The summed E-state index contributed by atoms with van der Waals surface area (Å²) in [5.41, 5.74) is 2.72. The molecule has 0 amide bonds. The van der Waals surface area contributed by atoms with E-state index in [-0.39, 0.29) is 0 Å².